The minimum absolute atomic E-state index is 0. The Labute approximate surface area is 76.1 Å². The lowest BCUT2D eigenvalue weighted by Crippen LogP contribution is -2.41. The van der Waals surface area contributed by atoms with E-state index in [0.717, 1.165) is 0 Å². The fourth-order valence-electron chi connectivity index (χ4n) is 1.50. The quantitative estimate of drug-likeness (QED) is 0.605. The van der Waals surface area contributed by atoms with Gasteiger partial charge in [0.1, 0.15) is 0 Å². The standard InChI is InChI=1S/C9H19N.ClH/c1-8(2)4-6-9(3,10)7-5-8;/h4-7,10H2,1-3H3;1H. The number of hydrogen-bond donors (Lipinski definition) is 1. The molecule has 1 fully saturated rings. The molecule has 2 N–H and O–H groups in total. The lowest BCUT2D eigenvalue weighted by atomic mass is 9.71. The van der Waals surface area contributed by atoms with E-state index < -0.39 is 0 Å². The van der Waals surface area contributed by atoms with Gasteiger partial charge in [0.05, 0.1) is 0 Å². The Kier molecular flexibility index (Phi) is 3.40. The van der Waals surface area contributed by atoms with Gasteiger partial charge in [0, 0.05) is 5.54 Å². The summed E-state index contributed by atoms with van der Waals surface area (Å²) in [5.74, 6) is 0. The molecule has 0 unspecified atom stereocenters. The topological polar surface area (TPSA) is 26.0 Å². The molecule has 0 amide bonds. The van der Waals surface area contributed by atoms with Crippen molar-refractivity contribution in [2.45, 2.75) is 52.0 Å². The SMILES string of the molecule is CC1(C)CCC(C)(N)CC1.Cl. The Bertz CT molecular complexity index is 102. The van der Waals surface area contributed by atoms with Crippen molar-refractivity contribution < 1.29 is 0 Å². The minimum Gasteiger partial charge on any atom is -0.325 e. The van der Waals surface area contributed by atoms with E-state index in [1.807, 2.05) is 0 Å². The van der Waals surface area contributed by atoms with E-state index in [1.165, 1.54) is 25.7 Å². The zero-order valence-corrected chi connectivity index (χ0v) is 8.63. The molecule has 1 nitrogen and oxygen atoms in total. The molecule has 68 valence electrons. The molecule has 1 aliphatic rings. The van der Waals surface area contributed by atoms with Gasteiger partial charge in [-0.15, -0.1) is 12.4 Å². The van der Waals surface area contributed by atoms with Crippen LogP contribution in [-0.4, -0.2) is 5.54 Å². The molecular formula is C9H20ClN. The Morgan fingerprint density at radius 2 is 1.27 bits per heavy atom. The van der Waals surface area contributed by atoms with Crippen LogP contribution < -0.4 is 5.73 Å². The van der Waals surface area contributed by atoms with Crippen LogP contribution in [0.25, 0.3) is 0 Å². The molecule has 0 aliphatic heterocycles. The predicted octanol–water partition coefficient (Wildman–Crippen LogP) is 2.73. The lowest BCUT2D eigenvalue weighted by molar-refractivity contribution is 0.176. The molecular weight excluding hydrogens is 158 g/mol. The summed E-state index contributed by atoms with van der Waals surface area (Å²) in [6.07, 6.45) is 4.97. The highest BCUT2D eigenvalue weighted by Crippen LogP contribution is 2.38. The molecule has 0 radical (unpaired) electrons. The van der Waals surface area contributed by atoms with Crippen LogP contribution in [0.3, 0.4) is 0 Å². The Morgan fingerprint density at radius 3 is 1.55 bits per heavy atom. The first kappa shape index (κ1) is 11.2. The third kappa shape index (κ3) is 3.44. The van der Waals surface area contributed by atoms with Crippen molar-refractivity contribution in [1.29, 1.82) is 0 Å². The fourth-order valence-corrected chi connectivity index (χ4v) is 1.50. The van der Waals surface area contributed by atoms with Crippen molar-refractivity contribution in [2.75, 3.05) is 0 Å². The van der Waals surface area contributed by atoms with Gasteiger partial charge in [-0.2, -0.15) is 0 Å². The molecule has 0 aromatic carbocycles. The van der Waals surface area contributed by atoms with E-state index in [9.17, 15) is 0 Å². The van der Waals surface area contributed by atoms with Crippen molar-refractivity contribution in [1.82, 2.24) is 0 Å². The van der Waals surface area contributed by atoms with Crippen LogP contribution in [0.15, 0.2) is 0 Å². The molecule has 0 spiro atoms. The molecule has 0 aromatic heterocycles. The largest absolute Gasteiger partial charge is 0.325 e. The second-order valence-electron chi connectivity index (χ2n) is 4.82. The molecule has 2 heteroatoms. The third-order valence-corrected chi connectivity index (χ3v) is 2.75. The van der Waals surface area contributed by atoms with Crippen molar-refractivity contribution in [3.8, 4) is 0 Å². The first-order valence-electron chi connectivity index (χ1n) is 4.20. The van der Waals surface area contributed by atoms with Crippen LogP contribution in [0.5, 0.6) is 0 Å². The average molecular weight is 178 g/mol. The second kappa shape index (κ2) is 3.32. The maximum atomic E-state index is 6.00. The van der Waals surface area contributed by atoms with Gasteiger partial charge in [0.2, 0.25) is 0 Å². The summed E-state index contributed by atoms with van der Waals surface area (Å²) in [5, 5.41) is 0. The van der Waals surface area contributed by atoms with Crippen molar-refractivity contribution in [3.05, 3.63) is 0 Å². The summed E-state index contributed by atoms with van der Waals surface area (Å²) in [6, 6.07) is 0. The third-order valence-electron chi connectivity index (χ3n) is 2.75. The van der Waals surface area contributed by atoms with Gasteiger partial charge in [0.15, 0.2) is 0 Å². The molecule has 1 rings (SSSR count). The zero-order valence-electron chi connectivity index (χ0n) is 7.81. The maximum Gasteiger partial charge on any atom is 0.0126 e. The van der Waals surface area contributed by atoms with Gasteiger partial charge in [-0.1, -0.05) is 13.8 Å². The summed E-state index contributed by atoms with van der Waals surface area (Å²) in [5.41, 5.74) is 6.69. The molecule has 0 atom stereocenters. The summed E-state index contributed by atoms with van der Waals surface area (Å²) < 4.78 is 0. The van der Waals surface area contributed by atoms with Crippen LogP contribution in [0, 0.1) is 5.41 Å². The summed E-state index contributed by atoms with van der Waals surface area (Å²) >= 11 is 0. The van der Waals surface area contributed by atoms with Crippen LogP contribution in [0.1, 0.15) is 46.5 Å². The number of rotatable bonds is 0. The molecule has 0 saturated heterocycles. The summed E-state index contributed by atoms with van der Waals surface area (Å²) in [4.78, 5) is 0. The normalized spacial score (nSPS) is 27.3. The van der Waals surface area contributed by atoms with E-state index >= 15 is 0 Å². The summed E-state index contributed by atoms with van der Waals surface area (Å²) in [6.45, 7) is 6.84. The van der Waals surface area contributed by atoms with Crippen molar-refractivity contribution in [2.24, 2.45) is 11.1 Å². The number of halogens is 1. The van der Waals surface area contributed by atoms with Gasteiger partial charge in [-0.05, 0) is 38.0 Å². The van der Waals surface area contributed by atoms with Crippen LogP contribution >= 0.6 is 12.4 Å². The zero-order chi connectivity index (χ0) is 7.83. The predicted molar refractivity (Wildman–Crippen MR) is 52.1 cm³/mol. The number of nitrogens with two attached hydrogens (primary N) is 1. The molecule has 11 heavy (non-hydrogen) atoms. The molecule has 1 saturated carbocycles. The van der Waals surface area contributed by atoms with Crippen molar-refractivity contribution >= 4 is 12.4 Å². The van der Waals surface area contributed by atoms with Gasteiger partial charge in [-0.3, -0.25) is 0 Å². The van der Waals surface area contributed by atoms with E-state index in [2.05, 4.69) is 20.8 Å². The van der Waals surface area contributed by atoms with Gasteiger partial charge in [-0.25, -0.2) is 0 Å². The minimum atomic E-state index is 0. The highest BCUT2D eigenvalue weighted by molar-refractivity contribution is 5.85. The van der Waals surface area contributed by atoms with E-state index in [-0.39, 0.29) is 17.9 Å². The average Bonchev–Trinajstić information content (AvgIpc) is 1.79. The molecule has 0 bridgehead atoms. The maximum absolute atomic E-state index is 6.00. The molecule has 0 heterocycles. The van der Waals surface area contributed by atoms with Gasteiger partial charge >= 0.3 is 0 Å². The molecule has 0 aromatic rings. The fraction of sp³-hybridized carbons (Fsp3) is 1.00. The van der Waals surface area contributed by atoms with E-state index in [1.54, 1.807) is 0 Å². The Hall–Kier alpha value is 0.250. The highest BCUT2D eigenvalue weighted by atomic mass is 35.5. The van der Waals surface area contributed by atoms with Gasteiger partial charge < -0.3 is 5.73 Å². The Morgan fingerprint density at radius 1 is 0.909 bits per heavy atom. The monoisotopic (exact) mass is 177 g/mol. The first-order chi connectivity index (χ1) is 4.41. The highest BCUT2D eigenvalue weighted by Gasteiger charge is 2.31. The first-order valence-corrected chi connectivity index (χ1v) is 4.20. The van der Waals surface area contributed by atoms with E-state index in [0.29, 0.717) is 5.41 Å². The van der Waals surface area contributed by atoms with Gasteiger partial charge in [0.25, 0.3) is 0 Å². The summed E-state index contributed by atoms with van der Waals surface area (Å²) in [7, 11) is 0. The van der Waals surface area contributed by atoms with Crippen molar-refractivity contribution in [3.63, 3.8) is 0 Å². The molecule has 1 aliphatic carbocycles. The number of hydrogen-bond acceptors (Lipinski definition) is 1. The Balaban J connectivity index is 0.000001000. The van der Waals surface area contributed by atoms with Crippen LogP contribution in [-0.2, 0) is 0 Å². The van der Waals surface area contributed by atoms with E-state index in [4.69, 9.17) is 5.73 Å². The lowest BCUT2D eigenvalue weighted by Gasteiger charge is -2.38. The second-order valence-corrected chi connectivity index (χ2v) is 4.82. The van der Waals surface area contributed by atoms with Crippen LogP contribution in [0.2, 0.25) is 0 Å². The van der Waals surface area contributed by atoms with Crippen LogP contribution in [0.4, 0.5) is 0 Å². The smallest absolute Gasteiger partial charge is 0.0126 e.